The van der Waals surface area contributed by atoms with E-state index in [4.69, 9.17) is 4.74 Å². The van der Waals surface area contributed by atoms with Crippen LogP contribution in [0.4, 0.5) is 0 Å². The average molecular weight is 300 g/mol. The predicted molar refractivity (Wildman–Crippen MR) is 83.1 cm³/mol. The predicted octanol–water partition coefficient (Wildman–Crippen LogP) is 3.53. The number of hydrogen-bond acceptors (Lipinski definition) is 4. The Kier molecular flexibility index (Phi) is 4.81. The number of carbonyl (C=O) groups excluding carboxylic acids is 1. The molecule has 3 fully saturated rings. The molecule has 2 unspecified atom stereocenters. The fraction of sp³-hybridized carbons (Fsp3) is 0.933. The number of ether oxygens (including phenoxy) is 1. The van der Waals surface area contributed by atoms with Crippen LogP contribution in [0.25, 0.3) is 0 Å². The van der Waals surface area contributed by atoms with E-state index in [0.717, 1.165) is 38.7 Å². The number of carbonyl (C=O) groups is 1. The van der Waals surface area contributed by atoms with E-state index < -0.39 is 0 Å². The van der Waals surface area contributed by atoms with Gasteiger partial charge in [0.2, 0.25) is 0 Å². The molecule has 19 heavy (non-hydrogen) atoms. The van der Waals surface area contributed by atoms with Gasteiger partial charge in [-0.2, -0.15) is 23.5 Å². The first-order valence-corrected chi connectivity index (χ1v) is 9.86. The Morgan fingerprint density at radius 1 is 1.11 bits per heavy atom. The van der Waals surface area contributed by atoms with Gasteiger partial charge in [0.25, 0.3) is 0 Å². The van der Waals surface area contributed by atoms with Crippen molar-refractivity contribution >= 4 is 29.3 Å². The Hall–Kier alpha value is 0.330. The first kappa shape index (κ1) is 14.3. The zero-order chi connectivity index (χ0) is 13.1. The van der Waals surface area contributed by atoms with Crippen LogP contribution in [0.5, 0.6) is 0 Å². The third kappa shape index (κ3) is 3.33. The molecule has 108 valence electrons. The highest BCUT2D eigenvalue weighted by Gasteiger charge is 2.42. The van der Waals surface area contributed by atoms with Crippen molar-refractivity contribution in [3.8, 4) is 0 Å². The van der Waals surface area contributed by atoms with Gasteiger partial charge >= 0.3 is 0 Å². The molecule has 0 N–H and O–H groups in total. The lowest BCUT2D eigenvalue weighted by Crippen LogP contribution is -2.46. The molecule has 0 aromatic carbocycles. The first-order chi connectivity index (χ1) is 9.29. The molecule has 3 rings (SSSR count). The molecule has 2 atom stereocenters. The van der Waals surface area contributed by atoms with Crippen LogP contribution in [0.1, 0.15) is 44.9 Å². The molecular formula is C15H24O2S2. The van der Waals surface area contributed by atoms with Gasteiger partial charge < -0.3 is 4.74 Å². The normalized spacial score (nSPS) is 35.2. The standard InChI is InChI=1S/C15H24O2S2/c16-14(13-3-1-2-8-19-13)12-4-7-17-15(11-12)5-9-18-10-6-15/h12-13H,1-11H2. The minimum absolute atomic E-state index is 0.0587. The molecule has 3 aliphatic rings. The maximum atomic E-state index is 12.7. The van der Waals surface area contributed by atoms with Crippen molar-refractivity contribution < 1.29 is 9.53 Å². The van der Waals surface area contributed by atoms with Gasteiger partial charge in [0.1, 0.15) is 5.78 Å². The van der Waals surface area contributed by atoms with Gasteiger partial charge in [-0.05, 0) is 55.8 Å². The number of thioether (sulfide) groups is 2. The quantitative estimate of drug-likeness (QED) is 0.779. The third-order valence-corrected chi connectivity index (χ3v) is 7.18. The molecule has 0 saturated carbocycles. The Balaban J connectivity index is 1.62. The molecule has 3 saturated heterocycles. The lowest BCUT2D eigenvalue weighted by Gasteiger charge is -2.43. The van der Waals surface area contributed by atoms with Crippen molar-refractivity contribution in [3.05, 3.63) is 0 Å². The molecular weight excluding hydrogens is 276 g/mol. The maximum absolute atomic E-state index is 12.7. The summed E-state index contributed by atoms with van der Waals surface area (Å²) in [6.07, 6.45) is 7.92. The van der Waals surface area contributed by atoms with E-state index in [1.54, 1.807) is 0 Å². The smallest absolute Gasteiger partial charge is 0.149 e. The summed E-state index contributed by atoms with van der Waals surface area (Å²) >= 11 is 3.94. The minimum atomic E-state index is 0.0587. The lowest BCUT2D eigenvalue weighted by molar-refractivity contribution is -0.138. The van der Waals surface area contributed by atoms with E-state index in [-0.39, 0.29) is 11.5 Å². The highest BCUT2D eigenvalue weighted by molar-refractivity contribution is 8.00. The van der Waals surface area contributed by atoms with Crippen LogP contribution in [-0.4, -0.2) is 40.5 Å². The van der Waals surface area contributed by atoms with Gasteiger partial charge in [-0.15, -0.1) is 0 Å². The average Bonchev–Trinajstić information content (AvgIpc) is 2.48. The molecule has 2 nitrogen and oxygen atoms in total. The van der Waals surface area contributed by atoms with Crippen LogP contribution in [0.3, 0.4) is 0 Å². The second-order valence-electron chi connectivity index (χ2n) is 6.09. The molecule has 0 aromatic rings. The van der Waals surface area contributed by atoms with Crippen molar-refractivity contribution in [2.24, 2.45) is 5.92 Å². The summed E-state index contributed by atoms with van der Waals surface area (Å²) in [5, 5.41) is 0.298. The highest BCUT2D eigenvalue weighted by atomic mass is 32.2. The molecule has 3 heterocycles. The molecule has 3 aliphatic heterocycles. The summed E-state index contributed by atoms with van der Waals surface area (Å²) in [7, 11) is 0. The number of rotatable bonds is 2. The van der Waals surface area contributed by atoms with Gasteiger partial charge in [0.15, 0.2) is 0 Å². The Morgan fingerprint density at radius 2 is 1.95 bits per heavy atom. The fourth-order valence-corrected chi connectivity index (χ4v) is 6.17. The Morgan fingerprint density at radius 3 is 2.68 bits per heavy atom. The summed E-state index contributed by atoms with van der Waals surface area (Å²) in [6.45, 7) is 0.804. The maximum Gasteiger partial charge on any atom is 0.149 e. The second kappa shape index (κ2) is 6.40. The van der Waals surface area contributed by atoms with Crippen molar-refractivity contribution in [2.45, 2.75) is 55.8 Å². The second-order valence-corrected chi connectivity index (χ2v) is 8.63. The molecule has 0 amide bonds. The zero-order valence-corrected chi connectivity index (χ0v) is 13.2. The Labute approximate surface area is 124 Å². The van der Waals surface area contributed by atoms with Crippen LogP contribution in [0.2, 0.25) is 0 Å². The van der Waals surface area contributed by atoms with Crippen LogP contribution in [0, 0.1) is 5.92 Å². The lowest BCUT2D eigenvalue weighted by atomic mass is 9.79. The fourth-order valence-electron chi connectivity index (χ4n) is 3.59. The van der Waals surface area contributed by atoms with Crippen molar-refractivity contribution in [1.29, 1.82) is 0 Å². The van der Waals surface area contributed by atoms with E-state index in [1.807, 2.05) is 23.5 Å². The van der Waals surface area contributed by atoms with Crippen LogP contribution in [-0.2, 0) is 9.53 Å². The van der Waals surface area contributed by atoms with Gasteiger partial charge in [-0.25, -0.2) is 0 Å². The van der Waals surface area contributed by atoms with Crippen LogP contribution < -0.4 is 0 Å². The van der Waals surface area contributed by atoms with Gasteiger partial charge in [0, 0.05) is 12.5 Å². The van der Waals surface area contributed by atoms with E-state index in [1.165, 1.54) is 30.1 Å². The highest BCUT2D eigenvalue weighted by Crippen LogP contribution is 2.41. The molecule has 0 aromatic heterocycles. The molecule has 1 spiro atoms. The number of Topliss-reactive ketones (excluding diaryl/α,β-unsaturated/α-hetero) is 1. The zero-order valence-electron chi connectivity index (χ0n) is 11.6. The SMILES string of the molecule is O=C(C1CCOC2(CCSCC2)C1)C1CCCCS1. The Bertz CT molecular complexity index is 315. The first-order valence-electron chi connectivity index (χ1n) is 7.66. The summed E-state index contributed by atoms with van der Waals surface area (Å²) < 4.78 is 6.10. The van der Waals surface area contributed by atoms with Gasteiger partial charge in [-0.3, -0.25) is 4.79 Å². The third-order valence-electron chi connectivity index (χ3n) is 4.80. The summed E-state index contributed by atoms with van der Waals surface area (Å²) in [4.78, 5) is 12.7. The number of hydrogen-bond donors (Lipinski definition) is 0. The minimum Gasteiger partial charge on any atom is -0.375 e. The summed E-state index contributed by atoms with van der Waals surface area (Å²) in [5.74, 6) is 4.43. The molecule has 0 aliphatic carbocycles. The van der Waals surface area contributed by atoms with Crippen molar-refractivity contribution in [3.63, 3.8) is 0 Å². The molecule has 0 radical (unpaired) electrons. The van der Waals surface area contributed by atoms with Gasteiger partial charge in [-0.1, -0.05) is 6.42 Å². The van der Waals surface area contributed by atoms with Crippen LogP contribution >= 0.6 is 23.5 Å². The van der Waals surface area contributed by atoms with E-state index in [0.29, 0.717) is 11.0 Å². The monoisotopic (exact) mass is 300 g/mol. The van der Waals surface area contributed by atoms with E-state index in [9.17, 15) is 4.79 Å². The van der Waals surface area contributed by atoms with E-state index >= 15 is 0 Å². The van der Waals surface area contributed by atoms with Crippen LogP contribution in [0.15, 0.2) is 0 Å². The van der Waals surface area contributed by atoms with Gasteiger partial charge in [0.05, 0.1) is 10.9 Å². The molecule has 4 heteroatoms. The van der Waals surface area contributed by atoms with Crippen molar-refractivity contribution in [2.75, 3.05) is 23.9 Å². The largest absolute Gasteiger partial charge is 0.375 e. The van der Waals surface area contributed by atoms with E-state index in [2.05, 4.69) is 0 Å². The van der Waals surface area contributed by atoms with Crippen molar-refractivity contribution in [1.82, 2.24) is 0 Å². The summed E-state index contributed by atoms with van der Waals surface area (Å²) in [6, 6.07) is 0. The topological polar surface area (TPSA) is 26.3 Å². The molecule has 0 bridgehead atoms. The summed E-state index contributed by atoms with van der Waals surface area (Å²) in [5.41, 5.74) is 0.0587. The number of ketones is 1.